The van der Waals surface area contributed by atoms with Crippen LogP contribution < -0.4 is 31.2 Å². The summed E-state index contributed by atoms with van der Waals surface area (Å²) >= 11 is 0. The summed E-state index contributed by atoms with van der Waals surface area (Å²) in [6.07, 6.45) is 10.9. The molecular weight excluding hydrogens is 829 g/mol. The summed E-state index contributed by atoms with van der Waals surface area (Å²) < 4.78 is 16.1. The molecule has 3 aromatic heterocycles. The lowest BCUT2D eigenvalue weighted by molar-refractivity contribution is -0.116. The van der Waals surface area contributed by atoms with Crippen LogP contribution in [0.25, 0.3) is 6.08 Å². The van der Waals surface area contributed by atoms with Crippen molar-refractivity contribution in [2.24, 2.45) is 26.1 Å². The Morgan fingerprint density at radius 2 is 1.58 bits per heavy atom. The molecule has 5 N–H and O–H groups in total. The van der Waals surface area contributed by atoms with Crippen LogP contribution in [0.1, 0.15) is 99.0 Å². The standard InChI is InChI=1S/C45H50N10O7.C3H8/c1-27-16-17-55(23-27)45(60)32-21-38(61-7)39(22-34(32)47-3)62-18-10-15-41(57)50-40-26-54(6)42(51-40)44(59)49-30-20-36(53(5)25-30)43(58)48-29-19-35(52(4)24-29)37(56)14-9-12-31-28(2)11-8-13-33(31)46;1-3-2/h8-9,11-13,19-22,24-26H,1,3,10,14-18,23,46H2,2,4-7H3,(H,48,58)(H,49,59)(H,50,57);3H2,1-2H3/b12-9-;. The molecule has 1 aliphatic rings. The minimum Gasteiger partial charge on any atom is -0.493 e. The van der Waals surface area contributed by atoms with Crippen molar-refractivity contribution < 1.29 is 33.4 Å². The van der Waals surface area contributed by atoms with E-state index in [4.69, 9.17) is 15.2 Å². The van der Waals surface area contributed by atoms with E-state index in [-0.39, 0.29) is 54.4 Å². The number of hydrogen-bond acceptors (Lipinski definition) is 10. The first-order chi connectivity index (χ1) is 31.1. The van der Waals surface area contributed by atoms with Crippen LogP contribution in [-0.4, -0.2) is 86.5 Å². The van der Waals surface area contributed by atoms with Crippen LogP contribution in [0, 0.1) is 6.92 Å². The van der Waals surface area contributed by atoms with Crippen molar-refractivity contribution >= 4 is 70.8 Å². The minimum atomic E-state index is -0.565. The number of hydrogen-bond donors (Lipinski definition) is 4. The van der Waals surface area contributed by atoms with Crippen LogP contribution in [0.5, 0.6) is 11.5 Å². The molecule has 0 atom stereocenters. The lowest BCUT2D eigenvalue weighted by atomic mass is 10.1. The number of methoxy groups -OCH3 is 1. The number of ketones is 1. The summed E-state index contributed by atoms with van der Waals surface area (Å²) in [4.78, 5) is 75.6. The fourth-order valence-corrected chi connectivity index (χ4v) is 7.02. The third-order valence-corrected chi connectivity index (χ3v) is 10.3. The lowest BCUT2D eigenvalue weighted by Crippen LogP contribution is -2.27. The predicted molar refractivity (Wildman–Crippen MR) is 255 cm³/mol. The van der Waals surface area contributed by atoms with Gasteiger partial charge in [-0.05, 0) is 61.9 Å². The Labute approximate surface area is 379 Å². The van der Waals surface area contributed by atoms with Crippen molar-refractivity contribution in [1.29, 1.82) is 0 Å². The van der Waals surface area contributed by atoms with Crippen LogP contribution in [0.3, 0.4) is 0 Å². The number of benzene rings is 2. The number of rotatable bonds is 17. The van der Waals surface area contributed by atoms with Gasteiger partial charge in [-0.15, -0.1) is 0 Å². The monoisotopic (exact) mass is 886 g/mol. The van der Waals surface area contributed by atoms with E-state index in [1.807, 2.05) is 31.2 Å². The summed E-state index contributed by atoms with van der Waals surface area (Å²) in [6, 6.07) is 11.9. The highest BCUT2D eigenvalue weighted by Gasteiger charge is 2.26. The van der Waals surface area contributed by atoms with Gasteiger partial charge in [-0.3, -0.25) is 29.0 Å². The van der Waals surface area contributed by atoms with Gasteiger partial charge in [-0.25, -0.2) is 4.98 Å². The summed E-state index contributed by atoms with van der Waals surface area (Å²) in [7, 11) is 6.48. The highest BCUT2D eigenvalue weighted by molar-refractivity contribution is 6.07. The fraction of sp³-hybridized carbons (Fsp3) is 0.312. The number of nitrogen functional groups attached to an aromatic ring is 1. The van der Waals surface area contributed by atoms with Crippen molar-refractivity contribution in [1.82, 2.24) is 23.6 Å². The smallest absolute Gasteiger partial charge is 0.291 e. The fourth-order valence-electron chi connectivity index (χ4n) is 7.02. The van der Waals surface area contributed by atoms with E-state index in [0.717, 1.165) is 23.1 Å². The summed E-state index contributed by atoms with van der Waals surface area (Å²) in [5.41, 5.74) is 11.7. The van der Waals surface area contributed by atoms with E-state index < -0.39 is 11.8 Å². The van der Waals surface area contributed by atoms with Gasteiger partial charge in [0.2, 0.25) is 11.7 Å². The SMILES string of the molecule is C=Nc1cc(OCCCC(=O)Nc2cn(C)c(C(=O)Nc3cc(C(=O)Nc4cc(C(=O)C/C=C\c5c(C)cccc5N)n(C)c4)n(C)c3)n2)c(OC)cc1C(=O)N1CCC(=C)C1.CCC. The van der Waals surface area contributed by atoms with E-state index in [0.29, 0.717) is 65.0 Å². The number of aromatic nitrogens is 4. The van der Waals surface area contributed by atoms with Crippen molar-refractivity contribution in [3.63, 3.8) is 0 Å². The molecule has 0 bridgehead atoms. The Balaban J connectivity index is 0.00000257. The number of nitrogens with two attached hydrogens (primary N) is 1. The number of aliphatic imine (C=N–C) groups is 1. The third-order valence-electron chi connectivity index (χ3n) is 10.3. The molecule has 342 valence electrons. The number of nitrogens with one attached hydrogen (secondary N) is 3. The average Bonchev–Trinajstić information content (AvgIpc) is 4.06. The topological polar surface area (TPSA) is 209 Å². The number of carbonyl (C=O) groups is 5. The number of likely N-dealkylation sites (tertiary alicyclic amines) is 1. The number of ether oxygens (including phenoxy) is 2. The predicted octanol–water partition coefficient (Wildman–Crippen LogP) is 7.74. The number of carbonyl (C=O) groups excluding carboxylic acids is 5. The summed E-state index contributed by atoms with van der Waals surface area (Å²) in [6.45, 7) is 15.0. The van der Waals surface area contributed by atoms with Gasteiger partial charge >= 0.3 is 0 Å². The Morgan fingerprint density at radius 1 is 0.908 bits per heavy atom. The van der Waals surface area contributed by atoms with Gasteiger partial charge in [0.15, 0.2) is 23.1 Å². The Hall–Kier alpha value is -7.69. The first kappa shape index (κ1) is 48.3. The molecule has 1 aliphatic heterocycles. The number of amides is 4. The van der Waals surface area contributed by atoms with Gasteiger partial charge < -0.3 is 49.8 Å². The number of allylic oxidation sites excluding steroid dienone is 1. The molecule has 65 heavy (non-hydrogen) atoms. The normalized spacial score (nSPS) is 12.1. The largest absolute Gasteiger partial charge is 0.493 e. The maximum absolute atomic E-state index is 13.3. The lowest BCUT2D eigenvalue weighted by Gasteiger charge is -2.18. The van der Waals surface area contributed by atoms with Gasteiger partial charge in [0.1, 0.15) is 5.69 Å². The van der Waals surface area contributed by atoms with Gasteiger partial charge in [0, 0.05) is 77.4 Å². The number of Topliss-reactive ketones (excluding diaryl/α,β-unsaturated/α-hetero) is 1. The molecule has 0 aliphatic carbocycles. The maximum Gasteiger partial charge on any atom is 0.291 e. The van der Waals surface area contributed by atoms with Crippen molar-refractivity contribution in [2.45, 2.75) is 52.9 Å². The second-order valence-electron chi connectivity index (χ2n) is 15.6. The van der Waals surface area contributed by atoms with Gasteiger partial charge in [-0.1, -0.05) is 56.7 Å². The number of aryl methyl sites for hydroxylation is 4. The number of imidazole rings is 1. The van der Waals surface area contributed by atoms with Crippen molar-refractivity contribution in [3.05, 3.63) is 113 Å². The Kier molecular flexibility index (Phi) is 16.4. The second-order valence-corrected chi connectivity index (χ2v) is 15.6. The molecule has 17 heteroatoms. The maximum atomic E-state index is 13.3. The van der Waals surface area contributed by atoms with E-state index in [1.54, 1.807) is 71.8 Å². The van der Waals surface area contributed by atoms with E-state index in [1.165, 1.54) is 30.4 Å². The zero-order valence-corrected chi connectivity index (χ0v) is 38.1. The van der Waals surface area contributed by atoms with Crippen LogP contribution in [0.2, 0.25) is 0 Å². The van der Waals surface area contributed by atoms with Crippen LogP contribution in [0.15, 0.2) is 84.3 Å². The van der Waals surface area contributed by atoms with Crippen molar-refractivity contribution in [3.8, 4) is 11.5 Å². The van der Waals surface area contributed by atoms with Crippen LogP contribution in [-0.2, 0) is 25.9 Å². The molecule has 0 radical (unpaired) electrons. The molecule has 1 fully saturated rings. The first-order valence-electron chi connectivity index (χ1n) is 21.2. The number of anilines is 4. The zero-order valence-electron chi connectivity index (χ0n) is 38.1. The quantitative estimate of drug-likeness (QED) is 0.0236. The third kappa shape index (κ3) is 12.3. The molecule has 0 saturated carbocycles. The molecule has 2 aromatic carbocycles. The molecule has 6 rings (SSSR count). The zero-order chi connectivity index (χ0) is 47.4. The molecule has 1 saturated heterocycles. The van der Waals surface area contributed by atoms with E-state index >= 15 is 0 Å². The molecule has 0 spiro atoms. The summed E-state index contributed by atoms with van der Waals surface area (Å²) in [5.74, 6) is -0.797. The van der Waals surface area contributed by atoms with Crippen molar-refractivity contribution in [2.75, 3.05) is 48.5 Å². The number of nitrogens with zero attached hydrogens (tertiary/aromatic N) is 6. The van der Waals surface area contributed by atoms with Gasteiger partial charge in [0.05, 0.1) is 42.0 Å². The molecule has 5 aromatic rings. The van der Waals surface area contributed by atoms with Crippen LogP contribution in [0.4, 0.5) is 28.6 Å². The van der Waals surface area contributed by atoms with Gasteiger partial charge in [-0.2, -0.15) is 0 Å². The van der Waals surface area contributed by atoms with Crippen LogP contribution >= 0.6 is 0 Å². The second kappa shape index (κ2) is 22.1. The van der Waals surface area contributed by atoms with E-state index in [9.17, 15) is 24.0 Å². The molecule has 0 unspecified atom stereocenters. The summed E-state index contributed by atoms with van der Waals surface area (Å²) in [5, 5.41) is 8.28. The average molecular weight is 887 g/mol. The molecule has 17 nitrogen and oxygen atoms in total. The highest BCUT2D eigenvalue weighted by atomic mass is 16.5. The van der Waals surface area contributed by atoms with Gasteiger partial charge in [0.25, 0.3) is 17.7 Å². The molecule has 4 heterocycles. The molecule has 4 amide bonds. The first-order valence-corrected chi connectivity index (χ1v) is 21.2. The molecular formula is C48H58N10O7. The highest BCUT2D eigenvalue weighted by Crippen LogP contribution is 2.36. The Morgan fingerprint density at radius 3 is 2.23 bits per heavy atom. The minimum absolute atomic E-state index is 0.0208. The Bertz CT molecular complexity index is 2610. The van der Waals surface area contributed by atoms with E-state index in [2.05, 4.69) is 53.1 Å².